The number of fused-ring (bicyclic) bond motifs is 1. The van der Waals surface area contributed by atoms with E-state index in [0.717, 1.165) is 19.6 Å². The van der Waals surface area contributed by atoms with Gasteiger partial charge in [0.15, 0.2) is 0 Å². The van der Waals surface area contributed by atoms with Crippen molar-refractivity contribution in [2.45, 2.75) is 30.6 Å². The van der Waals surface area contributed by atoms with Crippen molar-refractivity contribution in [2.75, 3.05) is 26.8 Å². The number of rotatable bonds is 2. The lowest BCUT2D eigenvalue weighted by Crippen LogP contribution is -2.42. The van der Waals surface area contributed by atoms with Crippen molar-refractivity contribution in [3.63, 3.8) is 0 Å². The van der Waals surface area contributed by atoms with Crippen LogP contribution in [-0.2, 0) is 4.74 Å². The summed E-state index contributed by atoms with van der Waals surface area (Å²) in [5, 5.41) is 0. The van der Waals surface area contributed by atoms with Gasteiger partial charge in [-0.1, -0.05) is 5.82 Å². The third-order valence-corrected chi connectivity index (χ3v) is 3.25. The molecule has 2 radical (unpaired) electrons. The topological polar surface area (TPSA) is 12.5 Å². The van der Waals surface area contributed by atoms with Crippen molar-refractivity contribution < 1.29 is 4.74 Å². The Morgan fingerprint density at radius 2 is 2.50 bits per heavy atom. The Morgan fingerprint density at radius 3 is 3.25 bits per heavy atom. The Balaban J connectivity index is 2.09. The Morgan fingerprint density at radius 1 is 1.67 bits per heavy atom. The van der Waals surface area contributed by atoms with Crippen LogP contribution in [0.5, 0.6) is 0 Å². The predicted molar refractivity (Wildman–Crippen MR) is 49.5 cm³/mol. The Labute approximate surface area is 75.7 Å². The lowest BCUT2D eigenvalue weighted by atomic mass is 9.80. The van der Waals surface area contributed by atoms with Crippen molar-refractivity contribution in [3.05, 3.63) is 0 Å². The molecule has 0 aromatic heterocycles. The van der Waals surface area contributed by atoms with Gasteiger partial charge in [0.05, 0.1) is 14.5 Å². The molecule has 2 fully saturated rings. The summed E-state index contributed by atoms with van der Waals surface area (Å²) in [4.78, 5) is 2.52. The van der Waals surface area contributed by atoms with E-state index in [2.05, 4.69) is 4.90 Å². The van der Waals surface area contributed by atoms with Gasteiger partial charge in [0.1, 0.15) is 0 Å². The average Bonchev–Trinajstić information content (AvgIpc) is 2.44. The van der Waals surface area contributed by atoms with Crippen LogP contribution in [0, 0.1) is 0 Å². The standard InChI is InChI=1S/C9H16BNO/c1-12-7-9-3-2-4-11(9)6-8(10)5-9/h8H,2-7H2,1H3. The van der Waals surface area contributed by atoms with Gasteiger partial charge in [-0.05, 0) is 32.4 Å². The van der Waals surface area contributed by atoms with Crippen LogP contribution in [0.1, 0.15) is 19.3 Å². The maximum Gasteiger partial charge on any atom is 0.0717 e. The van der Waals surface area contributed by atoms with E-state index in [4.69, 9.17) is 12.6 Å². The molecule has 2 nitrogen and oxygen atoms in total. The highest BCUT2D eigenvalue weighted by atomic mass is 16.5. The smallest absolute Gasteiger partial charge is 0.0717 e. The minimum Gasteiger partial charge on any atom is -0.383 e. The summed E-state index contributed by atoms with van der Waals surface area (Å²) >= 11 is 0. The van der Waals surface area contributed by atoms with E-state index in [1.54, 1.807) is 7.11 Å². The first-order chi connectivity index (χ1) is 5.77. The first kappa shape index (κ1) is 8.58. The molecule has 0 bridgehead atoms. The summed E-state index contributed by atoms with van der Waals surface area (Å²) in [6.07, 6.45) is 3.71. The van der Waals surface area contributed by atoms with Gasteiger partial charge < -0.3 is 4.74 Å². The maximum absolute atomic E-state index is 5.94. The van der Waals surface area contributed by atoms with E-state index in [-0.39, 0.29) is 0 Å². The van der Waals surface area contributed by atoms with Crippen molar-refractivity contribution >= 4 is 7.85 Å². The zero-order valence-electron chi connectivity index (χ0n) is 7.75. The van der Waals surface area contributed by atoms with Crippen LogP contribution in [0.2, 0.25) is 5.82 Å². The summed E-state index contributed by atoms with van der Waals surface area (Å²) in [6.45, 7) is 3.15. The van der Waals surface area contributed by atoms with Crippen LogP contribution in [0.3, 0.4) is 0 Å². The molecule has 0 aromatic rings. The van der Waals surface area contributed by atoms with Gasteiger partial charge in [-0.2, -0.15) is 0 Å². The molecule has 2 saturated heterocycles. The van der Waals surface area contributed by atoms with E-state index < -0.39 is 0 Å². The van der Waals surface area contributed by atoms with Crippen molar-refractivity contribution in [1.29, 1.82) is 0 Å². The van der Waals surface area contributed by atoms with Crippen molar-refractivity contribution in [3.8, 4) is 0 Å². The third kappa shape index (κ3) is 1.19. The lowest BCUT2D eigenvalue weighted by Gasteiger charge is -2.31. The summed E-state index contributed by atoms with van der Waals surface area (Å²) in [5.41, 5.74) is 0.314. The molecule has 0 N–H and O–H groups in total. The highest BCUT2D eigenvalue weighted by molar-refractivity contribution is 6.12. The number of hydrogen-bond acceptors (Lipinski definition) is 2. The molecule has 2 rings (SSSR count). The molecule has 0 spiro atoms. The van der Waals surface area contributed by atoms with Gasteiger partial charge in [0.2, 0.25) is 0 Å². The molecule has 2 atom stereocenters. The molecule has 2 aliphatic heterocycles. The van der Waals surface area contributed by atoms with Gasteiger partial charge in [0.25, 0.3) is 0 Å². The monoisotopic (exact) mass is 165 g/mol. The molecule has 12 heavy (non-hydrogen) atoms. The number of ether oxygens (including phenoxy) is 1. The van der Waals surface area contributed by atoms with Crippen LogP contribution in [0.15, 0.2) is 0 Å². The molecule has 3 heteroatoms. The largest absolute Gasteiger partial charge is 0.383 e. The summed E-state index contributed by atoms with van der Waals surface area (Å²) < 4.78 is 5.28. The third-order valence-electron chi connectivity index (χ3n) is 3.25. The number of methoxy groups -OCH3 is 1. The summed E-state index contributed by atoms with van der Waals surface area (Å²) in [6, 6.07) is 0. The first-order valence-electron chi connectivity index (χ1n) is 4.76. The molecule has 0 aromatic carbocycles. The van der Waals surface area contributed by atoms with Crippen LogP contribution in [-0.4, -0.2) is 45.1 Å². The van der Waals surface area contributed by atoms with E-state index in [1.807, 2.05) is 0 Å². The van der Waals surface area contributed by atoms with Crippen LogP contribution < -0.4 is 0 Å². The summed E-state index contributed by atoms with van der Waals surface area (Å²) in [7, 11) is 7.73. The fraction of sp³-hybridized carbons (Fsp3) is 1.00. The quantitative estimate of drug-likeness (QED) is 0.562. The first-order valence-corrected chi connectivity index (χ1v) is 4.76. The Hall–Kier alpha value is -0.0151. The normalized spacial score (nSPS) is 41.9. The van der Waals surface area contributed by atoms with E-state index >= 15 is 0 Å². The molecule has 2 aliphatic rings. The second kappa shape index (κ2) is 3.04. The second-order valence-corrected chi connectivity index (χ2v) is 4.17. The second-order valence-electron chi connectivity index (χ2n) is 4.17. The molecule has 0 saturated carbocycles. The summed E-state index contributed by atoms with van der Waals surface area (Å²) in [5.74, 6) is 0.375. The van der Waals surface area contributed by atoms with E-state index in [9.17, 15) is 0 Å². The fourth-order valence-corrected chi connectivity index (χ4v) is 2.84. The fourth-order valence-electron chi connectivity index (χ4n) is 2.84. The minimum atomic E-state index is 0.314. The maximum atomic E-state index is 5.94. The molecule has 0 amide bonds. The van der Waals surface area contributed by atoms with E-state index in [0.29, 0.717) is 11.4 Å². The van der Waals surface area contributed by atoms with Gasteiger partial charge in [-0.25, -0.2) is 0 Å². The number of nitrogens with zero attached hydrogens (tertiary/aromatic N) is 1. The van der Waals surface area contributed by atoms with Gasteiger partial charge in [-0.3, -0.25) is 4.90 Å². The molecular weight excluding hydrogens is 149 g/mol. The minimum absolute atomic E-state index is 0.314. The van der Waals surface area contributed by atoms with E-state index in [1.165, 1.54) is 19.4 Å². The molecule has 66 valence electrons. The van der Waals surface area contributed by atoms with Crippen molar-refractivity contribution in [2.24, 2.45) is 0 Å². The number of hydrogen-bond donors (Lipinski definition) is 0. The lowest BCUT2D eigenvalue weighted by molar-refractivity contribution is 0.0655. The van der Waals surface area contributed by atoms with Crippen LogP contribution in [0.25, 0.3) is 0 Å². The zero-order chi connectivity index (χ0) is 8.60. The Bertz CT molecular complexity index is 176. The molecular formula is C9H16BNO. The Kier molecular flexibility index (Phi) is 2.17. The highest BCUT2D eigenvalue weighted by Crippen LogP contribution is 2.42. The molecule has 2 unspecified atom stereocenters. The van der Waals surface area contributed by atoms with Crippen LogP contribution in [0.4, 0.5) is 0 Å². The SMILES string of the molecule is [B]C1CN2CCCC2(COC)C1. The van der Waals surface area contributed by atoms with Gasteiger partial charge >= 0.3 is 0 Å². The van der Waals surface area contributed by atoms with Crippen molar-refractivity contribution in [1.82, 2.24) is 4.90 Å². The van der Waals surface area contributed by atoms with Gasteiger partial charge in [0, 0.05) is 12.6 Å². The molecule has 0 aliphatic carbocycles. The van der Waals surface area contributed by atoms with Gasteiger partial charge in [-0.15, -0.1) is 0 Å². The average molecular weight is 165 g/mol. The highest BCUT2D eigenvalue weighted by Gasteiger charge is 2.46. The zero-order valence-corrected chi connectivity index (χ0v) is 7.75. The van der Waals surface area contributed by atoms with Crippen LogP contribution >= 0.6 is 0 Å². The predicted octanol–water partition coefficient (Wildman–Crippen LogP) is 0.828. The molecule has 2 heterocycles.